The molecule has 0 radical (unpaired) electrons. The minimum Gasteiger partial charge on any atom is -0.497 e. The Morgan fingerprint density at radius 2 is 1.81 bits per heavy atom. The Kier molecular flexibility index (Phi) is 7.04. The number of fused-ring (bicyclic) bond motifs is 1. The lowest BCUT2D eigenvalue weighted by atomic mass is 10.0. The second-order valence-electron chi connectivity index (χ2n) is 8.84. The smallest absolute Gasteiger partial charge is 0.238 e. The lowest BCUT2D eigenvalue weighted by Crippen LogP contribution is -2.48. The zero-order valence-electron chi connectivity index (χ0n) is 20.6. The van der Waals surface area contributed by atoms with E-state index in [4.69, 9.17) is 4.74 Å². The van der Waals surface area contributed by atoms with Gasteiger partial charge in [0.05, 0.1) is 19.3 Å². The number of anilines is 2. The fraction of sp³-hybridized carbons (Fsp3) is 0.286. The molecule has 8 nitrogen and oxygen atoms in total. The summed E-state index contributed by atoms with van der Waals surface area (Å²) in [5.74, 6) is 1.50. The molecule has 1 aliphatic rings. The van der Waals surface area contributed by atoms with E-state index in [1.165, 1.54) is 5.69 Å². The standard InChI is InChI=1S/C28H30N6O2/c1-3-27-30-11-8-25(31-27)21-16-20-4-5-23(36-2)18-24(20)26(17-21)32-28(35)19-33-12-14-34(15-13-33)22-6-9-29-10-7-22/h4-11,16-18H,3,12-15,19H2,1-2H3,(H,32,35). The number of aromatic nitrogens is 3. The average molecular weight is 483 g/mol. The summed E-state index contributed by atoms with van der Waals surface area (Å²) in [5.41, 5.74) is 3.69. The molecule has 0 saturated carbocycles. The van der Waals surface area contributed by atoms with Crippen LogP contribution in [0.15, 0.2) is 67.1 Å². The molecule has 1 saturated heterocycles. The molecule has 1 fully saturated rings. The normalized spacial score (nSPS) is 14.1. The maximum Gasteiger partial charge on any atom is 0.238 e. The van der Waals surface area contributed by atoms with Gasteiger partial charge in [0.2, 0.25) is 5.91 Å². The van der Waals surface area contributed by atoms with Crippen molar-refractivity contribution in [3.8, 4) is 17.0 Å². The molecule has 1 N–H and O–H groups in total. The molecule has 4 aromatic rings. The van der Waals surface area contributed by atoms with Crippen molar-refractivity contribution in [3.05, 3.63) is 72.9 Å². The summed E-state index contributed by atoms with van der Waals surface area (Å²) in [6.07, 6.45) is 6.17. The number of ether oxygens (including phenoxy) is 1. The van der Waals surface area contributed by atoms with Gasteiger partial charge in [0, 0.05) is 73.5 Å². The van der Waals surface area contributed by atoms with Crippen LogP contribution in [0.2, 0.25) is 0 Å². The minimum absolute atomic E-state index is 0.0365. The summed E-state index contributed by atoms with van der Waals surface area (Å²) >= 11 is 0. The van der Waals surface area contributed by atoms with Crippen LogP contribution >= 0.6 is 0 Å². The van der Waals surface area contributed by atoms with Gasteiger partial charge in [-0.1, -0.05) is 13.0 Å². The number of hydrogen-bond donors (Lipinski definition) is 1. The molecule has 0 atom stereocenters. The lowest BCUT2D eigenvalue weighted by molar-refractivity contribution is -0.117. The quantitative estimate of drug-likeness (QED) is 0.426. The summed E-state index contributed by atoms with van der Waals surface area (Å²) in [7, 11) is 1.65. The minimum atomic E-state index is -0.0365. The van der Waals surface area contributed by atoms with Gasteiger partial charge in [-0.2, -0.15) is 0 Å². The van der Waals surface area contributed by atoms with E-state index in [1.54, 1.807) is 13.3 Å². The fourth-order valence-corrected chi connectivity index (χ4v) is 4.56. The number of rotatable bonds is 7. The van der Waals surface area contributed by atoms with Gasteiger partial charge in [0.1, 0.15) is 11.6 Å². The van der Waals surface area contributed by atoms with E-state index < -0.39 is 0 Å². The second kappa shape index (κ2) is 10.7. The van der Waals surface area contributed by atoms with E-state index in [9.17, 15) is 4.79 Å². The number of amides is 1. The number of nitrogens with one attached hydrogen (secondary N) is 1. The molecule has 3 heterocycles. The molecule has 0 unspecified atom stereocenters. The molecule has 36 heavy (non-hydrogen) atoms. The predicted molar refractivity (Wildman–Crippen MR) is 142 cm³/mol. The number of pyridine rings is 1. The monoisotopic (exact) mass is 482 g/mol. The van der Waals surface area contributed by atoms with Gasteiger partial charge in [-0.25, -0.2) is 9.97 Å². The van der Waals surface area contributed by atoms with E-state index in [2.05, 4.69) is 36.1 Å². The Labute approximate surface area is 211 Å². The number of nitrogens with zero attached hydrogens (tertiary/aromatic N) is 5. The fourth-order valence-electron chi connectivity index (χ4n) is 4.56. The van der Waals surface area contributed by atoms with E-state index in [-0.39, 0.29) is 5.91 Å². The van der Waals surface area contributed by atoms with Crippen LogP contribution in [0.5, 0.6) is 5.75 Å². The first-order valence-corrected chi connectivity index (χ1v) is 12.2. The van der Waals surface area contributed by atoms with Gasteiger partial charge in [0.15, 0.2) is 0 Å². The number of aryl methyl sites for hydroxylation is 1. The third-order valence-corrected chi connectivity index (χ3v) is 6.52. The first-order chi connectivity index (χ1) is 17.6. The van der Waals surface area contributed by atoms with E-state index in [0.29, 0.717) is 6.54 Å². The van der Waals surface area contributed by atoms with Crippen LogP contribution < -0.4 is 15.0 Å². The predicted octanol–water partition coefficient (Wildman–Crippen LogP) is 4.02. The maximum atomic E-state index is 13.1. The van der Waals surface area contributed by atoms with Gasteiger partial charge in [-0.3, -0.25) is 14.7 Å². The topological polar surface area (TPSA) is 83.5 Å². The highest BCUT2D eigenvalue weighted by molar-refractivity contribution is 6.05. The third-order valence-electron chi connectivity index (χ3n) is 6.52. The van der Waals surface area contributed by atoms with Crippen molar-refractivity contribution in [3.63, 3.8) is 0 Å². The Bertz CT molecular complexity index is 1350. The van der Waals surface area contributed by atoms with Gasteiger partial charge in [0.25, 0.3) is 0 Å². The molecule has 184 valence electrons. The lowest BCUT2D eigenvalue weighted by Gasteiger charge is -2.35. The number of methoxy groups -OCH3 is 1. The van der Waals surface area contributed by atoms with Crippen molar-refractivity contribution in [2.45, 2.75) is 13.3 Å². The Balaban J connectivity index is 1.35. The third kappa shape index (κ3) is 5.28. The Morgan fingerprint density at radius 3 is 2.56 bits per heavy atom. The highest BCUT2D eigenvalue weighted by Crippen LogP contribution is 2.33. The molecule has 5 rings (SSSR count). The van der Waals surface area contributed by atoms with Crippen LogP contribution in [0.25, 0.3) is 22.0 Å². The van der Waals surface area contributed by atoms with Crippen molar-refractivity contribution < 1.29 is 9.53 Å². The number of hydrogen-bond acceptors (Lipinski definition) is 7. The molecule has 8 heteroatoms. The summed E-state index contributed by atoms with van der Waals surface area (Å²) in [6.45, 7) is 5.78. The maximum absolute atomic E-state index is 13.1. The van der Waals surface area contributed by atoms with Crippen molar-refractivity contribution in [2.75, 3.05) is 50.1 Å². The Morgan fingerprint density at radius 1 is 1.00 bits per heavy atom. The second-order valence-corrected chi connectivity index (χ2v) is 8.84. The van der Waals surface area contributed by atoms with Crippen LogP contribution in [0.4, 0.5) is 11.4 Å². The van der Waals surface area contributed by atoms with Crippen LogP contribution in [0, 0.1) is 0 Å². The Hall–Kier alpha value is -4.04. The number of carbonyl (C=O) groups is 1. The highest BCUT2D eigenvalue weighted by atomic mass is 16.5. The first kappa shape index (κ1) is 23.7. The zero-order chi connectivity index (χ0) is 24.9. The van der Waals surface area contributed by atoms with Crippen LogP contribution in [-0.4, -0.2) is 65.6 Å². The van der Waals surface area contributed by atoms with Gasteiger partial charge < -0.3 is 15.0 Å². The summed E-state index contributed by atoms with van der Waals surface area (Å²) in [6, 6.07) is 15.9. The van der Waals surface area contributed by atoms with Crippen molar-refractivity contribution in [2.24, 2.45) is 0 Å². The molecule has 0 aliphatic carbocycles. The molecule has 0 spiro atoms. The number of piperazine rings is 1. The molecule has 1 aliphatic heterocycles. The van der Waals surface area contributed by atoms with Crippen LogP contribution in [0.3, 0.4) is 0 Å². The van der Waals surface area contributed by atoms with Crippen molar-refractivity contribution in [1.82, 2.24) is 19.9 Å². The molecular formula is C28H30N6O2. The van der Waals surface area contributed by atoms with Crippen molar-refractivity contribution in [1.29, 1.82) is 0 Å². The van der Waals surface area contributed by atoms with Gasteiger partial charge >= 0.3 is 0 Å². The average Bonchev–Trinajstić information content (AvgIpc) is 2.93. The number of carbonyl (C=O) groups excluding carboxylic acids is 1. The molecule has 2 aromatic carbocycles. The summed E-state index contributed by atoms with van der Waals surface area (Å²) < 4.78 is 5.45. The van der Waals surface area contributed by atoms with Crippen LogP contribution in [-0.2, 0) is 11.2 Å². The SMILES string of the molecule is CCc1nccc(-c2cc(NC(=O)CN3CCN(c4ccncc4)CC3)c3cc(OC)ccc3c2)n1. The molecule has 0 bridgehead atoms. The first-order valence-electron chi connectivity index (χ1n) is 12.2. The van der Waals surface area contributed by atoms with Crippen LogP contribution in [0.1, 0.15) is 12.7 Å². The summed E-state index contributed by atoms with van der Waals surface area (Å²) in [4.78, 5) is 30.8. The molecular weight excluding hydrogens is 452 g/mol. The highest BCUT2D eigenvalue weighted by Gasteiger charge is 2.20. The van der Waals surface area contributed by atoms with Gasteiger partial charge in [-0.15, -0.1) is 0 Å². The molecule has 2 aromatic heterocycles. The number of benzene rings is 2. The van der Waals surface area contributed by atoms with E-state index >= 15 is 0 Å². The van der Waals surface area contributed by atoms with E-state index in [0.717, 1.165) is 71.9 Å². The zero-order valence-corrected chi connectivity index (χ0v) is 20.6. The van der Waals surface area contributed by atoms with Gasteiger partial charge in [-0.05, 0) is 47.9 Å². The summed E-state index contributed by atoms with van der Waals surface area (Å²) in [5, 5.41) is 5.10. The largest absolute Gasteiger partial charge is 0.497 e. The van der Waals surface area contributed by atoms with E-state index in [1.807, 2.05) is 61.8 Å². The molecule has 1 amide bonds. The van der Waals surface area contributed by atoms with Crippen molar-refractivity contribution >= 4 is 28.1 Å².